The number of carboxylic acids is 1. The molecule has 0 heterocycles. The zero-order valence-corrected chi connectivity index (χ0v) is 12.2. The molecule has 0 bridgehead atoms. The van der Waals surface area contributed by atoms with Crippen LogP contribution >= 0.6 is 0 Å². The number of rotatable bonds is 12. The number of hydrogen-bond donors (Lipinski definition) is 3. The Labute approximate surface area is 120 Å². The molecule has 6 heteroatoms. The first-order chi connectivity index (χ1) is 9.47. The van der Waals surface area contributed by atoms with Crippen LogP contribution in [-0.2, 0) is 14.4 Å². The summed E-state index contributed by atoms with van der Waals surface area (Å²) in [5.41, 5.74) is 5.33. The highest BCUT2D eigenvalue weighted by Crippen LogP contribution is 2.06. The zero-order chi connectivity index (χ0) is 15.4. The fourth-order valence-electron chi connectivity index (χ4n) is 1.86. The van der Waals surface area contributed by atoms with Crippen molar-refractivity contribution in [2.75, 3.05) is 6.54 Å². The summed E-state index contributed by atoms with van der Waals surface area (Å²) in [4.78, 5) is 33.3. The summed E-state index contributed by atoms with van der Waals surface area (Å²) in [6.45, 7) is 1.98. The Bertz CT molecular complexity index is 318. The highest BCUT2D eigenvalue weighted by molar-refractivity contribution is 5.83. The molecule has 0 radical (unpaired) electrons. The van der Waals surface area contributed by atoms with Gasteiger partial charge in [-0.3, -0.25) is 4.79 Å². The molecule has 0 aromatic rings. The van der Waals surface area contributed by atoms with E-state index in [1.165, 1.54) is 0 Å². The van der Waals surface area contributed by atoms with E-state index in [0.717, 1.165) is 19.3 Å². The Morgan fingerprint density at radius 3 is 2.15 bits per heavy atom. The van der Waals surface area contributed by atoms with E-state index in [1.54, 1.807) is 6.92 Å². The lowest BCUT2D eigenvalue weighted by Crippen LogP contribution is -2.40. The molecule has 116 valence electrons. The summed E-state index contributed by atoms with van der Waals surface area (Å²) in [5, 5.41) is 11.5. The minimum Gasteiger partial charge on any atom is -0.480 e. The molecule has 0 aromatic heterocycles. The van der Waals surface area contributed by atoms with Gasteiger partial charge in [0.1, 0.15) is 11.8 Å². The molecule has 1 unspecified atom stereocenters. The van der Waals surface area contributed by atoms with Crippen molar-refractivity contribution in [2.24, 2.45) is 5.73 Å². The maximum Gasteiger partial charge on any atom is 0.326 e. The van der Waals surface area contributed by atoms with Gasteiger partial charge in [-0.2, -0.15) is 0 Å². The molecule has 0 aromatic carbocycles. The van der Waals surface area contributed by atoms with E-state index in [0.29, 0.717) is 38.6 Å². The molecule has 4 N–H and O–H groups in total. The lowest BCUT2D eigenvalue weighted by molar-refractivity contribution is -0.142. The van der Waals surface area contributed by atoms with Crippen LogP contribution in [0.15, 0.2) is 0 Å². The number of nitrogens with one attached hydrogen (secondary N) is 1. The first-order valence-corrected chi connectivity index (χ1v) is 7.19. The van der Waals surface area contributed by atoms with E-state index >= 15 is 0 Å². The van der Waals surface area contributed by atoms with Gasteiger partial charge in [-0.1, -0.05) is 12.8 Å². The number of amides is 1. The highest BCUT2D eigenvalue weighted by Gasteiger charge is 2.18. The summed E-state index contributed by atoms with van der Waals surface area (Å²) < 4.78 is 0. The number of nitrogens with two attached hydrogens (primary N) is 1. The molecular formula is C14H26N2O4. The first-order valence-electron chi connectivity index (χ1n) is 7.19. The topological polar surface area (TPSA) is 109 Å². The second-order valence-corrected chi connectivity index (χ2v) is 5.01. The normalized spacial score (nSPS) is 11.9. The summed E-state index contributed by atoms with van der Waals surface area (Å²) >= 11 is 0. The molecule has 0 saturated heterocycles. The summed E-state index contributed by atoms with van der Waals surface area (Å²) in [6.07, 6.45) is 5.21. The van der Waals surface area contributed by atoms with Gasteiger partial charge in [0.15, 0.2) is 0 Å². The van der Waals surface area contributed by atoms with Crippen LogP contribution in [0.4, 0.5) is 0 Å². The van der Waals surface area contributed by atoms with Crippen molar-refractivity contribution in [3.8, 4) is 0 Å². The predicted molar refractivity (Wildman–Crippen MR) is 76.2 cm³/mol. The summed E-state index contributed by atoms with van der Waals surface area (Å²) in [5.74, 6) is -1.07. The molecule has 6 nitrogen and oxygen atoms in total. The number of carbonyl (C=O) groups excluding carboxylic acids is 2. The summed E-state index contributed by atoms with van der Waals surface area (Å²) in [6, 6.07) is -0.844. The highest BCUT2D eigenvalue weighted by atomic mass is 16.4. The van der Waals surface area contributed by atoms with Gasteiger partial charge < -0.3 is 21.0 Å². The van der Waals surface area contributed by atoms with Crippen molar-refractivity contribution in [1.29, 1.82) is 0 Å². The van der Waals surface area contributed by atoms with Gasteiger partial charge in [-0.15, -0.1) is 0 Å². The van der Waals surface area contributed by atoms with Gasteiger partial charge in [0, 0.05) is 12.8 Å². The van der Waals surface area contributed by atoms with E-state index in [9.17, 15) is 14.4 Å². The molecule has 0 saturated carbocycles. The lowest BCUT2D eigenvalue weighted by atomic mass is 10.1. The van der Waals surface area contributed by atoms with Gasteiger partial charge in [0.2, 0.25) is 5.91 Å². The number of aliphatic carboxylic acids is 1. The third-order valence-corrected chi connectivity index (χ3v) is 3.01. The van der Waals surface area contributed by atoms with Crippen LogP contribution in [0.1, 0.15) is 58.3 Å². The van der Waals surface area contributed by atoms with Gasteiger partial charge in [0.25, 0.3) is 0 Å². The molecule has 0 fully saturated rings. The van der Waals surface area contributed by atoms with Crippen LogP contribution in [0.25, 0.3) is 0 Å². The van der Waals surface area contributed by atoms with Crippen LogP contribution in [0, 0.1) is 0 Å². The molecular weight excluding hydrogens is 260 g/mol. The predicted octanol–water partition coefficient (Wildman–Crippen LogP) is 1.22. The van der Waals surface area contributed by atoms with Crippen molar-refractivity contribution in [3.63, 3.8) is 0 Å². The minimum atomic E-state index is -1.02. The van der Waals surface area contributed by atoms with E-state index in [4.69, 9.17) is 10.8 Å². The van der Waals surface area contributed by atoms with Gasteiger partial charge in [-0.05, 0) is 39.2 Å². The molecule has 20 heavy (non-hydrogen) atoms. The molecule has 0 rings (SSSR count). The van der Waals surface area contributed by atoms with Crippen molar-refractivity contribution in [2.45, 2.75) is 64.3 Å². The Balaban J connectivity index is 3.74. The largest absolute Gasteiger partial charge is 0.480 e. The molecule has 0 aliphatic heterocycles. The third kappa shape index (κ3) is 10.5. The minimum absolute atomic E-state index is 0.187. The van der Waals surface area contributed by atoms with E-state index in [2.05, 4.69) is 5.32 Å². The standard InChI is InChI=1S/C14H26N2O4/c1-11(17)7-4-2-3-5-9-13(18)16-12(14(19)20)8-6-10-15/h12H,2-10,15H2,1H3,(H,16,18)(H,19,20). The lowest BCUT2D eigenvalue weighted by Gasteiger charge is -2.13. The maximum absolute atomic E-state index is 11.6. The second-order valence-electron chi connectivity index (χ2n) is 5.01. The summed E-state index contributed by atoms with van der Waals surface area (Å²) in [7, 11) is 0. The number of carbonyl (C=O) groups is 3. The average Bonchev–Trinajstić information content (AvgIpc) is 2.37. The second kappa shape index (κ2) is 11.4. The number of Topliss-reactive ketones (excluding diaryl/α,β-unsaturated/α-hetero) is 1. The van der Waals surface area contributed by atoms with Gasteiger partial charge >= 0.3 is 5.97 Å². The monoisotopic (exact) mass is 286 g/mol. The Kier molecular flexibility index (Phi) is 10.6. The zero-order valence-electron chi connectivity index (χ0n) is 12.2. The van der Waals surface area contributed by atoms with Crippen molar-refractivity contribution in [1.82, 2.24) is 5.32 Å². The van der Waals surface area contributed by atoms with E-state index < -0.39 is 12.0 Å². The van der Waals surface area contributed by atoms with Gasteiger partial charge in [-0.25, -0.2) is 4.79 Å². The average molecular weight is 286 g/mol. The first kappa shape index (κ1) is 18.6. The fourth-order valence-corrected chi connectivity index (χ4v) is 1.86. The SMILES string of the molecule is CC(=O)CCCCCCC(=O)NC(CCCN)C(=O)O. The Morgan fingerprint density at radius 1 is 1.05 bits per heavy atom. The van der Waals surface area contributed by atoms with E-state index in [-0.39, 0.29) is 11.7 Å². The Morgan fingerprint density at radius 2 is 1.65 bits per heavy atom. The smallest absolute Gasteiger partial charge is 0.326 e. The van der Waals surface area contributed by atoms with Crippen molar-refractivity contribution in [3.05, 3.63) is 0 Å². The Hall–Kier alpha value is -1.43. The molecule has 0 spiro atoms. The van der Waals surface area contributed by atoms with Crippen LogP contribution in [0.5, 0.6) is 0 Å². The third-order valence-electron chi connectivity index (χ3n) is 3.01. The molecule has 0 aliphatic rings. The van der Waals surface area contributed by atoms with E-state index in [1.807, 2.05) is 0 Å². The maximum atomic E-state index is 11.6. The van der Waals surface area contributed by atoms with Crippen LogP contribution in [-0.4, -0.2) is 35.4 Å². The fraction of sp³-hybridized carbons (Fsp3) is 0.786. The number of carboxylic acid groups (broad SMARTS) is 1. The van der Waals surface area contributed by atoms with Crippen LogP contribution < -0.4 is 11.1 Å². The van der Waals surface area contributed by atoms with Crippen molar-refractivity contribution >= 4 is 17.7 Å². The van der Waals surface area contributed by atoms with Gasteiger partial charge in [0.05, 0.1) is 0 Å². The molecule has 0 aliphatic carbocycles. The van der Waals surface area contributed by atoms with Crippen LogP contribution in [0.2, 0.25) is 0 Å². The molecule has 1 atom stereocenters. The number of ketones is 1. The number of unbranched alkanes of at least 4 members (excludes halogenated alkanes) is 3. The molecule has 1 amide bonds. The quantitative estimate of drug-likeness (QED) is 0.467. The van der Waals surface area contributed by atoms with Crippen molar-refractivity contribution < 1.29 is 19.5 Å². The van der Waals surface area contributed by atoms with Crippen LogP contribution in [0.3, 0.4) is 0 Å². The number of hydrogen-bond acceptors (Lipinski definition) is 4.